The molecular formula is C29H28ClN5O3. The number of rotatable bonds is 8. The van der Waals surface area contributed by atoms with Crippen LogP contribution in [0.1, 0.15) is 71.3 Å². The van der Waals surface area contributed by atoms with Crippen molar-refractivity contribution in [3.05, 3.63) is 105 Å². The third-order valence-electron chi connectivity index (χ3n) is 6.69. The highest BCUT2D eigenvalue weighted by Gasteiger charge is 2.36. The van der Waals surface area contributed by atoms with Crippen molar-refractivity contribution in [3.8, 4) is 0 Å². The molecule has 1 aliphatic carbocycles. The van der Waals surface area contributed by atoms with Gasteiger partial charge in [0.05, 0.1) is 11.4 Å². The smallest absolute Gasteiger partial charge is 0.259 e. The molecule has 3 aromatic rings. The van der Waals surface area contributed by atoms with Crippen LogP contribution in [0, 0.1) is 0 Å². The van der Waals surface area contributed by atoms with Crippen LogP contribution in [-0.2, 0) is 4.79 Å². The van der Waals surface area contributed by atoms with E-state index >= 15 is 0 Å². The molecule has 9 heteroatoms. The maximum atomic E-state index is 14.3. The molecule has 2 amide bonds. The lowest BCUT2D eigenvalue weighted by atomic mass is 9.94. The van der Waals surface area contributed by atoms with Crippen molar-refractivity contribution in [2.75, 3.05) is 4.90 Å². The molecule has 1 saturated carbocycles. The lowest BCUT2D eigenvalue weighted by molar-refractivity contribution is -0.123. The number of nitrogens with zero attached hydrogens (tertiary/aromatic N) is 4. The minimum atomic E-state index is -1.12. The molecule has 194 valence electrons. The molecule has 1 N–H and O–H groups in total. The largest absolute Gasteiger partial charge is 0.351 e. The summed E-state index contributed by atoms with van der Waals surface area (Å²) < 4.78 is 0. The molecular weight excluding hydrogens is 502 g/mol. The number of carbonyl (C=O) groups excluding carboxylic acids is 3. The Bertz CT molecular complexity index is 1380. The van der Waals surface area contributed by atoms with Gasteiger partial charge in [0.25, 0.3) is 5.91 Å². The van der Waals surface area contributed by atoms with Crippen molar-refractivity contribution in [1.29, 1.82) is 0 Å². The summed E-state index contributed by atoms with van der Waals surface area (Å²) in [7, 11) is 0. The van der Waals surface area contributed by atoms with Gasteiger partial charge in [0.1, 0.15) is 6.04 Å². The Kier molecular flexibility index (Phi) is 8.79. The zero-order valence-corrected chi connectivity index (χ0v) is 21.8. The lowest BCUT2D eigenvalue weighted by Gasteiger charge is -2.34. The molecule has 8 nitrogen and oxygen atoms in total. The molecule has 0 heterocycles. The van der Waals surface area contributed by atoms with E-state index in [0.29, 0.717) is 10.6 Å². The highest BCUT2D eigenvalue weighted by Crippen LogP contribution is 2.35. The van der Waals surface area contributed by atoms with Crippen molar-refractivity contribution >= 4 is 40.6 Å². The highest BCUT2D eigenvalue weighted by atomic mass is 35.5. The van der Waals surface area contributed by atoms with E-state index in [0.717, 1.165) is 32.1 Å². The minimum absolute atomic E-state index is 0.0125. The van der Waals surface area contributed by atoms with Gasteiger partial charge in [-0.1, -0.05) is 78.4 Å². The zero-order chi connectivity index (χ0) is 27.1. The predicted octanol–water partition coefficient (Wildman–Crippen LogP) is 7.32. The number of azide groups is 1. The van der Waals surface area contributed by atoms with Crippen LogP contribution in [0.3, 0.4) is 0 Å². The number of para-hydroxylation sites is 1. The number of carbonyl (C=O) groups is 3. The van der Waals surface area contributed by atoms with Crippen molar-refractivity contribution in [1.82, 2.24) is 5.32 Å². The van der Waals surface area contributed by atoms with E-state index in [4.69, 9.17) is 17.1 Å². The average Bonchev–Trinajstić information content (AvgIpc) is 2.93. The summed E-state index contributed by atoms with van der Waals surface area (Å²) in [6.45, 7) is 1.41. The fraction of sp³-hybridized carbons (Fsp3) is 0.276. The van der Waals surface area contributed by atoms with Crippen LogP contribution >= 0.6 is 11.6 Å². The van der Waals surface area contributed by atoms with Gasteiger partial charge in [0.15, 0.2) is 5.78 Å². The molecule has 0 aromatic heterocycles. The van der Waals surface area contributed by atoms with E-state index in [1.165, 1.54) is 24.0 Å². The summed E-state index contributed by atoms with van der Waals surface area (Å²) in [5, 5.41) is 7.32. The van der Waals surface area contributed by atoms with Crippen LogP contribution in [0.4, 0.5) is 11.4 Å². The van der Waals surface area contributed by atoms with Crippen LogP contribution in [0.2, 0.25) is 5.02 Å². The van der Waals surface area contributed by atoms with Gasteiger partial charge < -0.3 is 5.32 Å². The molecule has 0 radical (unpaired) electrons. The summed E-state index contributed by atoms with van der Waals surface area (Å²) in [6, 6.07) is 18.6. The second kappa shape index (κ2) is 12.4. The Morgan fingerprint density at radius 1 is 0.947 bits per heavy atom. The summed E-state index contributed by atoms with van der Waals surface area (Å²) in [4.78, 5) is 45.2. The fourth-order valence-corrected chi connectivity index (χ4v) is 4.98. The Morgan fingerprint density at radius 3 is 2.24 bits per heavy atom. The molecule has 0 bridgehead atoms. The van der Waals surface area contributed by atoms with Gasteiger partial charge in [-0.2, -0.15) is 0 Å². The Balaban J connectivity index is 1.92. The quantitative estimate of drug-likeness (QED) is 0.142. The molecule has 4 rings (SSSR count). The first-order valence-electron chi connectivity index (χ1n) is 12.5. The molecule has 0 aliphatic heterocycles. The Labute approximate surface area is 226 Å². The van der Waals surface area contributed by atoms with Gasteiger partial charge in [-0.25, -0.2) is 0 Å². The van der Waals surface area contributed by atoms with Gasteiger partial charge in [-0.15, -0.1) is 0 Å². The third kappa shape index (κ3) is 6.05. The zero-order valence-electron chi connectivity index (χ0n) is 21.0. The number of hydrogen-bond donors (Lipinski definition) is 1. The van der Waals surface area contributed by atoms with E-state index < -0.39 is 11.9 Å². The SMILES string of the molecule is CC(=O)c1ccccc1N(C(=O)c1ccccc1N=[N+]=[N-])C(C(=O)NC1CCCCC1)c1ccc(Cl)cc1. The van der Waals surface area contributed by atoms with Crippen molar-refractivity contribution in [2.45, 2.75) is 51.1 Å². The van der Waals surface area contributed by atoms with E-state index in [2.05, 4.69) is 15.3 Å². The summed E-state index contributed by atoms with van der Waals surface area (Å²) in [5.74, 6) is -1.21. The van der Waals surface area contributed by atoms with E-state index in [1.54, 1.807) is 60.7 Å². The van der Waals surface area contributed by atoms with Crippen molar-refractivity contribution < 1.29 is 14.4 Å². The van der Waals surface area contributed by atoms with E-state index in [9.17, 15) is 14.4 Å². The van der Waals surface area contributed by atoms with Crippen molar-refractivity contribution in [3.63, 3.8) is 0 Å². The fourth-order valence-electron chi connectivity index (χ4n) is 4.86. The number of anilines is 1. The van der Waals surface area contributed by atoms with Crippen LogP contribution in [-0.4, -0.2) is 23.6 Å². The topological polar surface area (TPSA) is 115 Å². The number of Topliss-reactive ketones (excluding diaryl/α,β-unsaturated/α-hetero) is 1. The first kappa shape index (κ1) is 26.9. The first-order chi connectivity index (χ1) is 18.4. The Hall–Kier alpha value is -4.13. The summed E-state index contributed by atoms with van der Waals surface area (Å²) in [6.07, 6.45) is 4.88. The molecule has 1 unspecified atom stereocenters. The van der Waals surface area contributed by atoms with Crippen LogP contribution < -0.4 is 10.2 Å². The molecule has 0 saturated heterocycles. The predicted molar refractivity (Wildman–Crippen MR) is 148 cm³/mol. The normalized spacial score (nSPS) is 14.2. The highest BCUT2D eigenvalue weighted by molar-refractivity contribution is 6.30. The van der Waals surface area contributed by atoms with Gasteiger partial charge >= 0.3 is 0 Å². The molecule has 1 fully saturated rings. The first-order valence-corrected chi connectivity index (χ1v) is 12.9. The second-order valence-electron chi connectivity index (χ2n) is 9.25. The van der Waals surface area contributed by atoms with Crippen LogP contribution in [0.25, 0.3) is 10.4 Å². The second-order valence-corrected chi connectivity index (χ2v) is 9.69. The number of nitrogens with one attached hydrogen (secondary N) is 1. The molecule has 38 heavy (non-hydrogen) atoms. The number of halogens is 1. The average molecular weight is 530 g/mol. The summed E-state index contributed by atoms with van der Waals surface area (Å²) in [5.41, 5.74) is 10.4. The number of amides is 2. The van der Waals surface area contributed by atoms with E-state index in [1.807, 2.05) is 0 Å². The monoisotopic (exact) mass is 529 g/mol. The number of ketones is 1. The maximum Gasteiger partial charge on any atom is 0.259 e. The summed E-state index contributed by atoms with van der Waals surface area (Å²) >= 11 is 6.16. The molecule has 0 spiro atoms. The number of benzene rings is 3. The van der Waals surface area contributed by atoms with Gasteiger partial charge in [-0.05, 0) is 61.2 Å². The molecule has 1 atom stereocenters. The molecule has 1 aliphatic rings. The molecule has 3 aromatic carbocycles. The van der Waals surface area contributed by atoms with Crippen LogP contribution in [0.5, 0.6) is 0 Å². The number of hydrogen-bond acceptors (Lipinski definition) is 4. The third-order valence-corrected chi connectivity index (χ3v) is 6.94. The van der Waals surface area contributed by atoms with Gasteiger partial charge in [-0.3, -0.25) is 19.3 Å². The Morgan fingerprint density at radius 2 is 1.58 bits per heavy atom. The van der Waals surface area contributed by atoms with Gasteiger partial charge in [0, 0.05) is 27.1 Å². The minimum Gasteiger partial charge on any atom is -0.351 e. The van der Waals surface area contributed by atoms with E-state index in [-0.39, 0.29) is 40.2 Å². The lowest BCUT2D eigenvalue weighted by Crippen LogP contribution is -2.47. The van der Waals surface area contributed by atoms with Crippen molar-refractivity contribution in [2.24, 2.45) is 5.11 Å². The van der Waals surface area contributed by atoms with Gasteiger partial charge in [0.2, 0.25) is 5.91 Å². The maximum absolute atomic E-state index is 14.3. The standard InChI is InChI=1S/C29H28ClN5O3/c1-19(36)23-11-6-8-14-26(23)35(29(38)24-12-5-7-13-25(24)33-34-31)27(20-15-17-21(30)18-16-20)28(37)32-22-9-3-2-4-10-22/h5-8,11-18,22,27H,2-4,9-10H2,1H3,(H,32,37). The van der Waals surface area contributed by atoms with Crippen LogP contribution in [0.15, 0.2) is 77.9 Å².